The van der Waals surface area contributed by atoms with Gasteiger partial charge < -0.3 is 25.1 Å². The molecule has 65 heavy (non-hydrogen) atoms. The van der Waals surface area contributed by atoms with Crippen molar-refractivity contribution in [2.45, 2.75) is 42.1 Å². The van der Waals surface area contributed by atoms with Crippen LogP contribution in [0.1, 0.15) is 39.1 Å². The van der Waals surface area contributed by atoms with Crippen LogP contribution in [0.4, 0.5) is 11.4 Å². The average molecular weight is 913 g/mol. The Morgan fingerprint density at radius 1 is 0.646 bits per heavy atom. The summed E-state index contributed by atoms with van der Waals surface area (Å²) in [5.41, 5.74) is 9.18. The number of carbonyl (C=O) groups excluding carboxylic acids is 2. The van der Waals surface area contributed by atoms with Crippen molar-refractivity contribution in [2.24, 2.45) is 0 Å². The minimum absolute atomic E-state index is 0.0959. The number of aromatic amines is 1. The van der Waals surface area contributed by atoms with Gasteiger partial charge in [0.05, 0.1) is 35.0 Å². The number of nitrogens with one attached hydrogen (secondary N) is 3. The molecule has 6 heterocycles. The van der Waals surface area contributed by atoms with E-state index in [2.05, 4.69) is 20.5 Å². The Labute approximate surface area is 377 Å². The molecule has 11 rings (SSSR count). The molecular formula is C49H48N6O8S2. The number of sulfonamides is 2. The number of carbonyl (C=O) groups is 2. The largest absolute Gasteiger partial charge is 0.492 e. The number of ether oxygens (including phenoxy) is 2. The first kappa shape index (κ1) is 42.8. The third-order valence-electron chi connectivity index (χ3n) is 12.6. The second kappa shape index (κ2) is 17.7. The van der Waals surface area contributed by atoms with Gasteiger partial charge in [-0.2, -0.15) is 8.61 Å². The molecule has 0 bridgehead atoms. The zero-order valence-corrected chi connectivity index (χ0v) is 37.2. The van der Waals surface area contributed by atoms with E-state index in [1.54, 1.807) is 42.5 Å². The van der Waals surface area contributed by atoms with E-state index in [1.165, 1.54) is 19.7 Å². The van der Waals surface area contributed by atoms with Crippen molar-refractivity contribution in [1.29, 1.82) is 0 Å². The lowest BCUT2D eigenvalue weighted by molar-refractivity contribution is -0.115. The fourth-order valence-electron chi connectivity index (χ4n) is 9.06. The number of anilines is 2. The standard InChI is InChI=1S/C32H32N4O5S.C17H16N2O3S/c37-32-29(19-25-17-24-18-26(5-7-30(24)33-25)41-16-13-35-11-14-40-15-12-35)28-20-27(6-8-31(28)34-32)42(38,39)36-10-9-22-3-1-2-4-23(22)21-36;20-17-10-14-9-15(5-6-16(14)18-17)23(21,22)19-8-7-12-3-1-2-4-13(12)11-19/h1-8,17-20,33H,9-16,21H2,(H,34,37);1-6,9H,7-8,10-11H2,(H,18,20). The number of aromatic nitrogens is 1. The first-order valence-electron chi connectivity index (χ1n) is 21.8. The van der Waals surface area contributed by atoms with Crippen LogP contribution < -0.4 is 15.4 Å². The molecule has 334 valence electrons. The molecule has 14 nitrogen and oxygen atoms in total. The van der Waals surface area contributed by atoms with Gasteiger partial charge in [0.25, 0.3) is 5.91 Å². The number of morpholine rings is 1. The Morgan fingerprint density at radius 3 is 1.95 bits per heavy atom. The quantitative estimate of drug-likeness (QED) is 0.146. The van der Waals surface area contributed by atoms with Gasteiger partial charge in [-0.1, -0.05) is 48.5 Å². The molecule has 5 aliphatic heterocycles. The fraction of sp³-hybridized carbons (Fsp3) is 0.265. The second-order valence-electron chi connectivity index (χ2n) is 16.8. The van der Waals surface area contributed by atoms with Gasteiger partial charge in [0.15, 0.2) is 0 Å². The molecule has 3 N–H and O–H groups in total. The molecule has 0 saturated carbocycles. The van der Waals surface area contributed by atoms with E-state index in [0.29, 0.717) is 61.7 Å². The minimum atomic E-state index is -3.74. The molecule has 6 aromatic rings. The first-order valence-corrected chi connectivity index (χ1v) is 24.7. The van der Waals surface area contributed by atoms with Gasteiger partial charge in [0.2, 0.25) is 26.0 Å². The summed E-state index contributed by atoms with van der Waals surface area (Å²) >= 11 is 0. The molecule has 16 heteroatoms. The molecule has 0 radical (unpaired) electrons. The van der Waals surface area contributed by atoms with Crippen molar-refractivity contribution < 1.29 is 35.9 Å². The van der Waals surface area contributed by atoms with Gasteiger partial charge in [-0.25, -0.2) is 16.8 Å². The summed E-state index contributed by atoms with van der Waals surface area (Å²) < 4.78 is 67.5. The number of benzene rings is 5. The topological polar surface area (TPSA) is 170 Å². The third kappa shape index (κ3) is 8.85. The van der Waals surface area contributed by atoms with Crippen molar-refractivity contribution in [3.63, 3.8) is 0 Å². The van der Waals surface area contributed by atoms with Crippen molar-refractivity contribution in [3.8, 4) is 5.75 Å². The summed E-state index contributed by atoms with van der Waals surface area (Å²) in [6.07, 6.45) is 3.40. The van der Waals surface area contributed by atoms with Crippen molar-refractivity contribution in [3.05, 3.63) is 148 Å². The molecule has 5 aromatic carbocycles. The van der Waals surface area contributed by atoms with Crippen LogP contribution in [-0.2, 0) is 66.7 Å². The summed E-state index contributed by atoms with van der Waals surface area (Å²) in [4.78, 5) is 30.5. The maximum Gasteiger partial charge on any atom is 0.256 e. The van der Waals surface area contributed by atoms with Crippen LogP contribution in [-0.4, -0.2) is 99.7 Å². The van der Waals surface area contributed by atoms with Gasteiger partial charge >= 0.3 is 0 Å². The summed E-state index contributed by atoms with van der Waals surface area (Å²) in [6.45, 7) is 6.46. The summed E-state index contributed by atoms with van der Waals surface area (Å²) in [5.74, 6) is 0.423. The SMILES string of the molecule is O=C1Cc2cc(S(=O)(=O)N3CCc4ccccc4C3)ccc2N1.O=C1Nc2ccc(S(=O)(=O)N3CCc4ccccc4C3)cc2C1=Cc1cc2cc(OCCN3CCOCC3)ccc2[nH]1. The fourth-order valence-corrected chi connectivity index (χ4v) is 12.0. The number of hydrogen-bond donors (Lipinski definition) is 3. The van der Waals surface area contributed by atoms with Crippen molar-refractivity contribution in [2.75, 3.05) is 63.2 Å². The van der Waals surface area contributed by atoms with E-state index in [4.69, 9.17) is 9.47 Å². The van der Waals surface area contributed by atoms with Crippen molar-refractivity contribution >= 4 is 65.8 Å². The predicted molar refractivity (Wildman–Crippen MR) is 248 cm³/mol. The monoisotopic (exact) mass is 912 g/mol. The van der Waals surface area contributed by atoms with Gasteiger partial charge in [-0.15, -0.1) is 0 Å². The van der Waals surface area contributed by atoms with E-state index in [1.807, 2.05) is 72.8 Å². The molecule has 5 aliphatic rings. The predicted octanol–water partition coefficient (Wildman–Crippen LogP) is 6.05. The second-order valence-corrected chi connectivity index (χ2v) is 20.6. The Hall–Kier alpha value is -6.14. The van der Waals surface area contributed by atoms with Crippen LogP contribution >= 0.6 is 0 Å². The van der Waals surface area contributed by atoms with Crippen molar-refractivity contribution in [1.82, 2.24) is 18.5 Å². The van der Waals surface area contributed by atoms with Gasteiger partial charge in [0, 0.05) is 79.3 Å². The lowest BCUT2D eigenvalue weighted by Crippen LogP contribution is -2.38. The summed E-state index contributed by atoms with van der Waals surface area (Å²) in [6, 6.07) is 33.4. The Kier molecular flexibility index (Phi) is 11.6. The summed E-state index contributed by atoms with van der Waals surface area (Å²) in [5, 5.41) is 6.56. The Morgan fingerprint density at radius 2 is 1.28 bits per heavy atom. The molecule has 0 unspecified atom stereocenters. The highest BCUT2D eigenvalue weighted by molar-refractivity contribution is 7.89. The number of nitrogens with zero attached hydrogens (tertiary/aromatic N) is 3. The third-order valence-corrected chi connectivity index (χ3v) is 16.3. The number of H-pyrrole nitrogens is 1. The highest BCUT2D eigenvalue weighted by atomic mass is 32.2. The molecule has 2 amide bonds. The maximum absolute atomic E-state index is 13.6. The van der Waals surface area contributed by atoms with E-state index in [0.717, 1.165) is 78.3 Å². The maximum atomic E-state index is 13.6. The Balaban J connectivity index is 0.000000182. The molecule has 0 aliphatic carbocycles. The Bertz CT molecular complexity index is 3110. The molecular weight excluding hydrogens is 865 g/mol. The number of amides is 2. The normalized spacial score (nSPS) is 18.2. The number of fused-ring (bicyclic) bond motifs is 5. The zero-order valence-electron chi connectivity index (χ0n) is 35.6. The van der Waals surface area contributed by atoms with Crippen LogP contribution in [0.5, 0.6) is 5.75 Å². The molecule has 1 aromatic heterocycles. The first-order chi connectivity index (χ1) is 31.5. The highest BCUT2D eigenvalue weighted by Gasteiger charge is 2.33. The molecule has 1 saturated heterocycles. The van der Waals surface area contributed by atoms with Crippen LogP contribution in [0.2, 0.25) is 0 Å². The molecule has 1 fully saturated rings. The van der Waals surface area contributed by atoms with E-state index < -0.39 is 20.0 Å². The molecule has 0 atom stereocenters. The van der Waals surface area contributed by atoms with E-state index in [-0.39, 0.29) is 28.0 Å². The van der Waals surface area contributed by atoms with Crippen LogP contribution in [0.25, 0.3) is 22.6 Å². The number of rotatable bonds is 9. The minimum Gasteiger partial charge on any atom is -0.492 e. The summed E-state index contributed by atoms with van der Waals surface area (Å²) in [7, 11) is -7.29. The smallest absolute Gasteiger partial charge is 0.256 e. The van der Waals surface area contributed by atoms with Gasteiger partial charge in [0.1, 0.15) is 12.4 Å². The van der Waals surface area contributed by atoms with Crippen LogP contribution in [0, 0.1) is 0 Å². The molecule has 0 spiro atoms. The van der Waals surface area contributed by atoms with E-state index >= 15 is 0 Å². The average Bonchev–Trinajstić information content (AvgIpc) is 4.01. The van der Waals surface area contributed by atoms with E-state index in [9.17, 15) is 26.4 Å². The van der Waals surface area contributed by atoms with Crippen LogP contribution in [0.15, 0.2) is 119 Å². The number of hydrogen-bond acceptors (Lipinski definition) is 9. The lowest BCUT2D eigenvalue weighted by atomic mass is 10.0. The highest BCUT2D eigenvalue weighted by Crippen LogP contribution is 2.37. The zero-order chi connectivity index (χ0) is 44.7. The van der Waals surface area contributed by atoms with Gasteiger partial charge in [-0.05, 0) is 107 Å². The van der Waals surface area contributed by atoms with Crippen LogP contribution in [0.3, 0.4) is 0 Å². The van der Waals surface area contributed by atoms with Gasteiger partial charge in [-0.3, -0.25) is 14.5 Å². The lowest BCUT2D eigenvalue weighted by Gasteiger charge is -2.28.